The smallest absolute Gasteiger partial charge is 0.325 e. The molecule has 0 radical (unpaired) electrons. The predicted molar refractivity (Wildman–Crippen MR) is 92.4 cm³/mol. The lowest BCUT2D eigenvalue weighted by Crippen LogP contribution is -2.51. The molecule has 2 atom stereocenters. The van der Waals surface area contributed by atoms with Crippen molar-refractivity contribution in [3.8, 4) is 0 Å². The Morgan fingerprint density at radius 3 is 2.42 bits per heavy atom. The average Bonchev–Trinajstić information content (AvgIpc) is 2.88. The Balaban J connectivity index is 1.61. The number of urea groups is 1. The van der Waals surface area contributed by atoms with Crippen molar-refractivity contribution in [2.24, 2.45) is 0 Å². The molecule has 2 fully saturated rings. The molecule has 2 saturated heterocycles. The van der Waals surface area contributed by atoms with E-state index >= 15 is 0 Å². The maximum Gasteiger partial charge on any atom is 0.325 e. The molecule has 6 nitrogen and oxygen atoms in total. The molecule has 0 bridgehead atoms. The topological polar surface area (TPSA) is 53.1 Å². The summed E-state index contributed by atoms with van der Waals surface area (Å²) in [5.74, 6) is -0.0247. The van der Waals surface area contributed by atoms with Crippen LogP contribution in [0, 0.1) is 0 Å². The molecule has 3 rings (SSSR count). The lowest BCUT2D eigenvalue weighted by atomic mass is 10.2. The van der Waals surface area contributed by atoms with E-state index in [-0.39, 0.29) is 30.7 Å². The zero-order valence-corrected chi connectivity index (χ0v) is 14.7. The fourth-order valence-electron chi connectivity index (χ4n) is 3.23. The van der Waals surface area contributed by atoms with Gasteiger partial charge in [-0.1, -0.05) is 11.6 Å². The van der Waals surface area contributed by atoms with Crippen molar-refractivity contribution in [2.75, 3.05) is 37.6 Å². The Kier molecular flexibility index (Phi) is 4.96. The first-order chi connectivity index (χ1) is 11.4. The van der Waals surface area contributed by atoms with Crippen LogP contribution in [-0.2, 0) is 9.53 Å². The zero-order valence-electron chi connectivity index (χ0n) is 13.9. The van der Waals surface area contributed by atoms with Crippen molar-refractivity contribution in [1.82, 2.24) is 9.80 Å². The zero-order chi connectivity index (χ0) is 17.3. The van der Waals surface area contributed by atoms with Gasteiger partial charge in [-0.25, -0.2) is 4.79 Å². The van der Waals surface area contributed by atoms with E-state index in [9.17, 15) is 9.59 Å². The fourth-order valence-corrected chi connectivity index (χ4v) is 3.36. The van der Waals surface area contributed by atoms with Crippen LogP contribution in [0.5, 0.6) is 0 Å². The van der Waals surface area contributed by atoms with Gasteiger partial charge in [-0.05, 0) is 38.1 Å². The number of halogens is 1. The summed E-state index contributed by atoms with van der Waals surface area (Å²) >= 11 is 5.89. The van der Waals surface area contributed by atoms with E-state index in [1.807, 2.05) is 26.0 Å². The molecule has 2 aliphatic heterocycles. The highest BCUT2D eigenvalue weighted by Crippen LogP contribution is 2.22. The summed E-state index contributed by atoms with van der Waals surface area (Å²) in [7, 11) is 0. The summed E-state index contributed by atoms with van der Waals surface area (Å²) in [5, 5.41) is 0.632. The Morgan fingerprint density at radius 1 is 1.17 bits per heavy atom. The standard InChI is InChI=1S/C17H22ClN3O3/c1-12-9-20(10-13(2)24-12)16(22)11-19-7-8-21(17(19)23)15-5-3-14(18)4-6-15/h3-6,12-13H,7-11H2,1-2H3. The molecule has 0 spiro atoms. The second kappa shape index (κ2) is 6.99. The van der Waals surface area contributed by atoms with Crippen LogP contribution in [0.4, 0.5) is 10.5 Å². The normalized spacial score (nSPS) is 24.6. The third kappa shape index (κ3) is 3.65. The number of benzene rings is 1. The highest BCUT2D eigenvalue weighted by atomic mass is 35.5. The van der Waals surface area contributed by atoms with E-state index in [2.05, 4.69) is 0 Å². The third-order valence-electron chi connectivity index (χ3n) is 4.33. The molecule has 0 saturated carbocycles. The van der Waals surface area contributed by atoms with E-state index in [0.717, 1.165) is 5.69 Å². The van der Waals surface area contributed by atoms with E-state index in [0.29, 0.717) is 31.2 Å². The molecule has 2 heterocycles. The van der Waals surface area contributed by atoms with E-state index in [1.54, 1.807) is 26.8 Å². The minimum atomic E-state index is -0.139. The summed E-state index contributed by atoms with van der Waals surface area (Å²) in [6, 6.07) is 7.01. The second-order valence-electron chi connectivity index (χ2n) is 6.39. The number of carbonyl (C=O) groups is 2. The van der Waals surface area contributed by atoms with E-state index in [1.165, 1.54) is 0 Å². The van der Waals surface area contributed by atoms with E-state index in [4.69, 9.17) is 16.3 Å². The number of morpholine rings is 1. The van der Waals surface area contributed by atoms with Gasteiger partial charge in [0.2, 0.25) is 5.91 Å². The lowest BCUT2D eigenvalue weighted by Gasteiger charge is -2.36. The molecule has 0 N–H and O–H groups in total. The Hall–Kier alpha value is -1.79. The fraction of sp³-hybridized carbons (Fsp3) is 0.529. The van der Waals surface area contributed by atoms with Gasteiger partial charge in [0.25, 0.3) is 0 Å². The van der Waals surface area contributed by atoms with Crippen molar-refractivity contribution in [1.29, 1.82) is 0 Å². The number of hydrogen-bond acceptors (Lipinski definition) is 3. The maximum atomic E-state index is 12.6. The van der Waals surface area contributed by atoms with Gasteiger partial charge in [0, 0.05) is 36.9 Å². The van der Waals surface area contributed by atoms with Gasteiger partial charge < -0.3 is 14.5 Å². The third-order valence-corrected chi connectivity index (χ3v) is 4.58. The quantitative estimate of drug-likeness (QED) is 0.839. The van der Waals surface area contributed by atoms with Crippen LogP contribution < -0.4 is 4.90 Å². The Bertz CT molecular complexity index is 612. The van der Waals surface area contributed by atoms with Crippen LogP contribution in [0.2, 0.25) is 5.02 Å². The van der Waals surface area contributed by atoms with Gasteiger partial charge in [0.1, 0.15) is 6.54 Å². The number of carbonyl (C=O) groups excluding carboxylic acids is 2. The van der Waals surface area contributed by atoms with Crippen molar-refractivity contribution in [3.05, 3.63) is 29.3 Å². The average molecular weight is 352 g/mol. The summed E-state index contributed by atoms with van der Waals surface area (Å²) in [4.78, 5) is 30.1. The SMILES string of the molecule is CC1CN(C(=O)CN2CCN(c3ccc(Cl)cc3)C2=O)CC(C)O1. The van der Waals surface area contributed by atoms with Crippen molar-refractivity contribution in [3.63, 3.8) is 0 Å². The molecule has 1 aromatic rings. The Labute approximate surface area is 146 Å². The van der Waals surface area contributed by atoms with Gasteiger partial charge in [-0.15, -0.1) is 0 Å². The molecule has 130 valence electrons. The van der Waals surface area contributed by atoms with Gasteiger partial charge in [-0.2, -0.15) is 0 Å². The molecule has 2 unspecified atom stereocenters. The summed E-state index contributed by atoms with van der Waals surface area (Å²) in [5.41, 5.74) is 0.799. The molecule has 24 heavy (non-hydrogen) atoms. The molecule has 0 aromatic heterocycles. The molecule has 1 aromatic carbocycles. The molecule has 7 heteroatoms. The first-order valence-corrected chi connectivity index (χ1v) is 8.57. The van der Waals surface area contributed by atoms with E-state index < -0.39 is 0 Å². The van der Waals surface area contributed by atoms with Crippen molar-refractivity contribution in [2.45, 2.75) is 26.1 Å². The van der Waals surface area contributed by atoms with Gasteiger partial charge in [0.05, 0.1) is 12.2 Å². The van der Waals surface area contributed by atoms with Crippen LogP contribution in [0.15, 0.2) is 24.3 Å². The van der Waals surface area contributed by atoms with Gasteiger partial charge >= 0.3 is 6.03 Å². The number of rotatable bonds is 3. The number of anilines is 1. The number of nitrogens with zero attached hydrogens (tertiary/aromatic N) is 3. The minimum Gasteiger partial charge on any atom is -0.372 e. The number of ether oxygens (including phenoxy) is 1. The summed E-state index contributed by atoms with van der Waals surface area (Å²) in [6.07, 6.45) is 0.0510. The maximum absolute atomic E-state index is 12.6. The summed E-state index contributed by atoms with van der Waals surface area (Å²) in [6.45, 7) is 6.30. The highest BCUT2D eigenvalue weighted by Gasteiger charge is 2.33. The number of hydrogen-bond donors (Lipinski definition) is 0. The molecular weight excluding hydrogens is 330 g/mol. The van der Waals surface area contributed by atoms with Gasteiger partial charge in [-0.3, -0.25) is 9.69 Å². The van der Waals surface area contributed by atoms with Crippen LogP contribution in [-0.4, -0.2) is 66.7 Å². The van der Waals surface area contributed by atoms with Gasteiger partial charge in [0.15, 0.2) is 0 Å². The van der Waals surface area contributed by atoms with Crippen LogP contribution in [0.1, 0.15) is 13.8 Å². The molecule has 3 amide bonds. The van der Waals surface area contributed by atoms with Crippen molar-refractivity contribution < 1.29 is 14.3 Å². The minimum absolute atomic E-state index is 0.0247. The molecular formula is C17H22ClN3O3. The largest absolute Gasteiger partial charge is 0.372 e. The van der Waals surface area contributed by atoms with Crippen LogP contribution in [0.25, 0.3) is 0 Å². The molecule has 2 aliphatic rings. The van der Waals surface area contributed by atoms with Crippen LogP contribution in [0.3, 0.4) is 0 Å². The number of amides is 3. The van der Waals surface area contributed by atoms with Crippen molar-refractivity contribution >= 4 is 29.2 Å². The van der Waals surface area contributed by atoms with Crippen LogP contribution >= 0.6 is 11.6 Å². The molecule has 0 aliphatic carbocycles. The summed E-state index contributed by atoms with van der Waals surface area (Å²) < 4.78 is 5.65. The lowest BCUT2D eigenvalue weighted by molar-refractivity contribution is -0.143. The second-order valence-corrected chi connectivity index (χ2v) is 6.82. The first-order valence-electron chi connectivity index (χ1n) is 8.19. The highest BCUT2D eigenvalue weighted by molar-refractivity contribution is 6.30. The first kappa shape index (κ1) is 17.0. The predicted octanol–water partition coefficient (Wildman–Crippen LogP) is 2.22. The monoisotopic (exact) mass is 351 g/mol. The Morgan fingerprint density at radius 2 is 1.79 bits per heavy atom.